The highest BCUT2D eigenvalue weighted by Crippen LogP contribution is 2.18. The van der Waals surface area contributed by atoms with Crippen LogP contribution in [0.3, 0.4) is 0 Å². The van der Waals surface area contributed by atoms with Gasteiger partial charge in [0.25, 0.3) is 0 Å². The minimum Gasteiger partial charge on any atom is -0.380 e. The molecule has 4 nitrogen and oxygen atoms in total. The van der Waals surface area contributed by atoms with Gasteiger partial charge >= 0.3 is 0 Å². The van der Waals surface area contributed by atoms with E-state index in [1.165, 1.54) is 6.26 Å². The van der Waals surface area contributed by atoms with Gasteiger partial charge in [0.15, 0.2) is 9.84 Å². The van der Waals surface area contributed by atoms with Crippen LogP contribution in [0.25, 0.3) is 0 Å². The Morgan fingerprint density at radius 2 is 2.00 bits per heavy atom. The first-order valence-corrected chi connectivity index (χ1v) is 8.00. The molecule has 2 atom stereocenters. The molecule has 0 radical (unpaired) electrons. The molecule has 1 aromatic carbocycles. The summed E-state index contributed by atoms with van der Waals surface area (Å²) in [7, 11) is -3.11. The van der Waals surface area contributed by atoms with Crippen molar-refractivity contribution in [1.29, 1.82) is 0 Å². The standard InChI is InChI=1S/C13H19NO3S/c1-10(14-12-7-8-17-9-12)11-3-5-13(6-4-11)18(2,15)16/h3-6,10,12,14H,7-9H2,1-2H3. The highest BCUT2D eigenvalue weighted by molar-refractivity contribution is 7.90. The summed E-state index contributed by atoms with van der Waals surface area (Å²) in [5.74, 6) is 0. The summed E-state index contributed by atoms with van der Waals surface area (Å²) in [4.78, 5) is 0.364. The Kier molecular flexibility index (Phi) is 4.04. The van der Waals surface area contributed by atoms with Gasteiger partial charge in [-0.1, -0.05) is 12.1 Å². The second kappa shape index (κ2) is 5.38. The smallest absolute Gasteiger partial charge is 0.175 e. The molecular formula is C13H19NO3S. The summed E-state index contributed by atoms with van der Waals surface area (Å²) in [5.41, 5.74) is 1.09. The second-order valence-electron chi connectivity index (χ2n) is 4.79. The van der Waals surface area contributed by atoms with Gasteiger partial charge in [0.2, 0.25) is 0 Å². The van der Waals surface area contributed by atoms with Gasteiger partial charge in [-0.2, -0.15) is 0 Å². The zero-order chi connectivity index (χ0) is 13.2. The molecule has 1 aliphatic heterocycles. The predicted octanol–water partition coefficient (Wildman–Crippen LogP) is 1.53. The Hall–Kier alpha value is -0.910. The van der Waals surface area contributed by atoms with E-state index < -0.39 is 9.84 Å². The number of rotatable bonds is 4. The highest BCUT2D eigenvalue weighted by Gasteiger charge is 2.18. The quantitative estimate of drug-likeness (QED) is 0.900. The Bertz CT molecular complexity index is 489. The van der Waals surface area contributed by atoms with E-state index in [1.807, 2.05) is 12.1 Å². The Labute approximate surface area is 108 Å². The Morgan fingerprint density at radius 3 is 2.50 bits per heavy atom. The maximum atomic E-state index is 11.4. The number of sulfone groups is 1. The fraction of sp³-hybridized carbons (Fsp3) is 0.538. The lowest BCUT2D eigenvalue weighted by atomic mass is 10.1. The third kappa shape index (κ3) is 3.31. The lowest BCUT2D eigenvalue weighted by Crippen LogP contribution is -2.31. The number of hydrogen-bond acceptors (Lipinski definition) is 4. The fourth-order valence-electron chi connectivity index (χ4n) is 2.12. The molecule has 1 aliphatic rings. The van der Waals surface area contributed by atoms with Gasteiger partial charge in [0.1, 0.15) is 0 Å². The van der Waals surface area contributed by atoms with Gasteiger partial charge in [0, 0.05) is 24.9 Å². The van der Waals surface area contributed by atoms with Crippen LogP contribution in [0.5, 0.6) is 0 Å². The normalized spacial score (nSPS) is 22.0. The van der Waals surface area contributed by atoms with Crippen molar-refractivity contribution in [2.45, 2.75) is 30.3 Å². The first-order chi connectivity index (χ1) is 8.47. The minimum atomic E-state index is -3.11. The van der Waals surface area contributed by atoms with Crippen LogP contribution in [0.4, 0.5) is 0 Å². The monoisotopic (exact) mass is 269 g/mol. The van der Waals surface area contributed by atoms with Crippen LogP contribution in [-0.4, -0.2) is 33.9 Å². The molecule has 0 aliphatic carbocycles. The zero-order valence-corrected chi connectivity index (χ0v) is 11.5. The van der Waals surface area contributed by atoms with E-state index in [0.717, 1.165) is 25.2 Å². The Morgan fingerprint density at radius 1 is 1.33 bits per heavy atom. The summed E-state index contributed by atoms with van der Waals surface area (Å²) in [6, 6.07) is 7.65. The van der Waals surface area contributed by atoms with Crippen molar-refractivity contribution in [2.24, 2.45) is 0 Å². The maximum Gasteiger partial charge on any atom is 0.175 e. The molecule has 1 aromatic rings. The second-order valence-corrected chi connectivity index (χ2v) is 6.81. The van der Waals surface area contributed by atoms with E-state index in [-0.39, 0.29) is 6.04 Å². The number of ether oxygens (including phenoxy) is 1. The van der Waals surface area contributed by atoms with Gasteiger partial charge < -0.3 is 10.1 Å². The van der Waals surface area contributed by atoms with E-state index >= 15 is 0 Å². The lowest BCUT2D eigenvalue weighted by Gasteiger charge is -2.18. The van der Waals surface area contributed by atoms with Crippen molar-refractivity contribution in [1.82, 2.24) is 5.32 Å². The molecule has 1 saturated heterocycles. The van der Waals surface area contributed by atoms with Crippen molar-refractivity contribution in [3.05, 3.63) is 29.8 Å². The lowest BCUT2D eigenvalue weighted by molar-refractivity contribution is 0.188. The summed E-state index contributed by atoms with van der Waals surface area (Å²) < 4.78 is 28.0. The molecule has 2 unspecified atom stereocenters. The fourth-order valence-corrected chi connectivity index (χ4v) is 2.75. The van der Waals surface area contributed by atoms with Crippen LogP contribution in [0.1, 0.15) is 24.9 Å². The zero-order valence-electron chi connectivity index (χ0n) is 10.7. The molecule has 0 bridgehead atoms. The highest BCUT2D eigenvalue weighted by atomic mass is 32.2. The third-order valence-electron chi connectivity index (χ3n) is 3.22. The molecule has 0 amide bonds. The largest absolute Gasteiger partial charge is 0.380 e. The van der Waals surface area contributed by atoms with E-state index in [9.17, 15) is 8.42 Å². The van der Waals surface area contributed by atoms with Crippen LogP contribution in [0.15, 0.2) is 29.2 Å². The molecule has 100 valence electrons. The van der Waals surface area contributed by atoms with Crippen LogP contribution < -0.4 is 5.32 Å². The Balaban J connectivity index is 2.04. The maximum absolute atomic E-state index is 11.4. The van der Waals surface area contributed by atoms with E-state index in [1.54, 1.807) is 12.1 Å². The molecule has 1 N–H and O–H groups in total. The molecule has 1 fully saturated rings. The molecule has 0 saturated carbocycles. The summed E-state index contributed by atoms with van der Waals surface area (Å²) in [5, 5.41) is 3.48. The summed E-state index contributed by atoms with van der Waals surface area (Å²) >= 11 is 0. The number of hydrogen-bond donors (Lipinski definition) is 1. The molecule has 1 heterocycles. The van der Waals surface area contributed by atoms with E-state index in [2.05, 4.69) is 12.2 Å². The predicted molar refractivity (Wildman–Crippen MR) is 70.3 cm³/mol. The van der Waals surface area contributed by atoms with Crippen molar-refractivity contribution < 1.29 is 13.2 Å². The average Bonchev–Trinajstić information content (AvgIpc) is 2.81. The first-order valence-electron chi connectivity index (χ1n) is 6.10. The van der Waals surface area contributed by atoms with Crippen molar-refractivity contribution >= 4 is 9.84 Å². The van der Waals surface area contributed by atoms with Crippen LogP contribution in [0, 0.1) is 0 Å². The van der Waals surface area contributed by atoms with Crippen LogP contribution in [-0.2, 0) is 14.6 Å². The topological polar surface area (TPSA) is 55.4 Å². The molecule has 5 heteroatoms. The molecule has 0 aromatic heterocycles. The average molecular weight is 269 g/mol. The van der Waals surface area contributed by atoms with E-state index in [0.29, 0.717) is 10.9 Å². The molecule has 0 spiro atoms. The van der Waals surface area contributed by atoms with Gasteiger partial charge in [-0.15, -0.1) is 0 Å². The van der Waals surface area contributed by atoms with Gasteiger partial charge in [-0.3, -0.25) is 0 Å². The first kappa shape index (κ1) is 13.5. The molecular weight excluding hydrogens is 250 g/mol. The summed E-state index contributed by atoms with van der Waals surface area (Å²) in [6.07, 6.45) is 2.26. The van der Waals surface area contributed by atoms with Crippen molar-refractivity contribution in [2.75, 3.05) is 19.5 Å². The number of benzene rings is 1. The van der Waals surface area contributed by atoms with Crippen molar-refractivity contribution in [3.8, 4) is 0 Å². The van der Waals surface area contributed by atoms with Crippen LogP contribution in [0.2, 0.25) is 0 Å². The van der Waals surface area contributed by atoms with Gasteiger partial charge in [0.05, 0.1) is 11.5 Å². The minimum absolute atomic E-state index is 0.199. The summed E-state index contributed by atoms with van der Waals surface area (Å²) in [6.45, 7) is 3.65. The van der Waals surface area contributed by atoms with Crippen molar-refractivity contribution in [3.63, 3.8) is 0 Å². The molecule has 18 heavy (non-hydrogen) atoms. The van der Waals surface area contributed by atoms with Gasteiger partial charge in [-0.25, -0.2) is 8.42 Å². The molecule has 2 rings (SSSR count). The van der Waals surface area contributed by atoms with Crippen LogP contribution >= 0.6 is 0 Å². The van der Waals surface area contributed by atoms with E-state index in [4.69, 9.17) is 4.74 Å². The van der Waals surface area contributed by atoms with Gasteiger partial charge in [-0.05, 0) is 31.0 Å². The SMILES string of the molecule is CC(NC1CCOC1)c1ccc(S(C)(=O)=O)cc1. The number of nitrogens with one attached hydrogen (secondary N) is 1. The third-order valence-corrected chi connectivity index (χ3v) is 4.35.